The number of aliphatic hydroxyl groups is 1. The summed E-state index contributed by atoms with van der Waals surface area (Å²) in [7, 11) is 0. The summed E-state index contributed by atoms with van der Waals surface area (Å²) in [5.74, 6) is 0. The maximum Gasteiger partial charge on any atom is 0.121 e. The van der Waals surface area contributed by atoms with E-state index >= 15 is 0 Å². The molecule has 3 aromatic carbocycles. The van der Waals surface area contributed by atoms with Crippen LogP contribution in [0, 0.1) is 13.8 Å². The topological polar surface area (TPSA) is 41.8 Å². The zero-order valence-corrected chi connectivity index (χ0v) is 20.5. The zero-order chi connectivity index (χ0) is 23.5. The van der Waals surface area contributed by atoms with Gasteiger partial charge in [-0.25, -0.2) is 0 Å². The number of fused-ring (bicyclic) bond motifs is 1. The molecule has 1 aromatic heterocycles. The van der Waals surface area contributed by atoms with Crippen LogP contribution in [0.4, 0.5) is 0 Å². The number of aliphatic hydroxyl groups excluding tert-OH is 1. The second kappa shape index (κ2) is 10.2. The van der Waals surface area contributed by atoms with Crippen LogP contribution in [-0.2, 0) is 6.54 Å². The van der Waals surface area contributed by atoms with Crippen LogP contribution in [0.1, 0.15) is 43.2 Å². The van der Waals surface area contributed by atoms with Crippen LogP contribution in [0.15, 0.2) is 72.8 Å². The van der Waals surface area contributed by atoms with Crippen LogP contribution in [0.25, 0.3) is 33.3 Å². The largest absolute Gasteiger partial charge is 0.385 e. The van der Waals surface area contributed by atoms with Gasteiger partial charge in [0.1, 0.15) is 12.6 Å². The smallest absolute Gasteiger partial charge is 0.121 e. The number of hydrogen-bond acceptors (Lipinski definition) is 1. The highest BCUT2D eigenvalue weighted by molar-refractivity contribution is 6.06. The maximum atomic E-state index is 11.2. The third-order valence-corrected chi connectivity index (χ3v) is 7.39. The average molecular weight is 454 g/mol. The highest BCUT2D eigenvalue weighted by Crippen LogP contribution is 2.42. The molecule has 3 nitrogen and oxygen atoms in total. The van der Waals surface area contributed by atoms with Crippen molar-refractivity contribution in [2.45, 2.75) is 64.6 Å². The van der Waals surface area contributed by atoms with E-state index in [0.29, 0.717) is 12.6 Å². The number of quaternary nitrogens is 1. The Kier molecular flexibility index (Phi) is 6.85. The lowest BCUT2D eigenvalue weighted by molar-refractivity contribution is -0.697. The summed E-state index contributed by atoms with van der Waals surface area (Å²) in [6.07, 6.45) is 6.19. The molecular weight excluding hydrogens is 416 g/mol. The average Bonchev–Trinajstić information content (AvgIpc) is 3.18. The van der Waals surface area contributed by atoms with Gasteiger partial charge in [-0.15, -0.1) is 0 Å². The van der Waals surface area contributed by atoms with Crippen molar-refractivity contribution >= 4 is 10.9 Å². The molecule has 3 N–H and O–H groups in total. The second-order valence-electron chi connectivity index (χ2n) is 10.1. The first-order valence-corrected chi connectivity index (χ1v) is 12.9. The van der Waals surface area contributed by atoms with Crippen molar-refractivity contribution in [2.24, 2.45) is 0 Å². The molecule has 0 radical (unpaired) electrons. The third kappa shape index (κ3) is 4.68. The summed E-state index contributed by atoms with van der Waals surface area (Å²) >= 11 is 0. The Hall–Kier alpha value is -2.88. The minimum atomic E-state index is -0.399. The van der Waals surface area contributed by atoms with Gasteiger partial charge in [-0.1, -0.05) is 78.7 Å². The van der Waals surface area contributed by atoms with E-state index in [1.807, 2.05) is 0 Å². The molecule has 5 rings (SSSR count). The second-order valence-corrected chi connectivity index (χ2v) is 10.1. The van der Waals surface area contributed by atoms with Gasteiger partial charge in [0.25, 0.3) is 0 Å². The Balaban J connectivity index is 1.62. The number of aromatic nitrogens is 1. The van der Waals surface area contributed by atoms with E-state index in [1.165, 1.54) is 76.5 Å². The Morgan fingerprint density at radius 3 is 2.21 bits per heavy atom. The van der Waals surface area contributed by atoms with E-state index in [2.05, 4.69) is 96.5 Å². The van der Waals surface area contributed by atoms with Crippen LogP contribution in [0.2, 0.25) is 0 Å². The lowest BCUT2D eigenvalue weighted by Gasteiger charge is -2.22. The molecule has 176 valence electrons. The molecule has 0 aliphatic heterocycles. The highest BCUT2D eigenvalue weighted by Gasteiger charge is 2.24. The van der Waals surface area contributed by atoms with E-state index in [4.69, 9.17) is 0 Å². The van der Waals surface area contributed by atoms with Crippen molar-refractivity contribution in [2.75, 3.05) is 6.54 Å². The van der Waals surface area contributed by atoms with Gasteiger partial charge in [0.15, 0.2) is 0 Å². The number of nitrogens with two attached hydrogens (primary N) is 1. The van der Waals surface area contributed by atoms with Crippen LogP contribution >= 0.6 is 0 Å². The molecule has 3 heteroatoms. The number of hydrogen-bond donors (Lipinski definition) is 2. The number of nitrogens with zero attached hydrogens (tertiary/aromatic N) is 1. The standard InChI is InChI=1S/C31H36N2O/c1-22-18-23(2)30-28(19-22)29(24-12-6-3-7-13-24)31(25-14-8-4-9-15-25)33(30)21-27(34)20-32-26-16-10-5-11-17-26/h3-4,6-9,12-15,18-19,26-27,32,34H,5,10-11,16-17,20-21H2,1-2H3/p+1/t27-/m0/s1. The Bertz CT molecular complexity index is 1240. The predicted octanol–water partition coefficient (Wildman–Crippen LogP) is 5.85. The molecule has 1 atom stereocenters. The lowest BCUT2D eigenvalue weighted by atomic mass is 9.95. The Labute approximate surface area is 203 Å². The monoisotopic (exact) mass is 453 g/mol. The molecule has 1 fully saturated rings. The quantitative estimate of drug-likeness (QED) is 0.362. The first-order valence-electron chi connectivity index (χ1n) is 12.9. The fraction of sp³-hybridized carbons (Fsp3) is 0.355. The minimum absolute atomic E-state index is 0.399. The van der Waals surface area contributed by atoms with Crippen molar-refractivity contribution < 1.29 is 10.4 Å². The Morgan fingerprint density at radius 1 is 0.882 bits per heavy atom. The molecule has 1 aliphatic rings. The van der Waals surface area contributed by atoms with Gasteiger partial charge in [0.2, 0.25) is 0 Å². The van der Waals surface area contributed by atoms with Crippen molar-refractivity contribution in [3.8, 4) is 22.4 Å². The van der Waals surface area contributed by atoms with Crippen LogP contribution < -0.4 is 5.32 Å². The van der Waals surface area contributed by atoms with E-state index in [9.17, 15) is 5.11 Å². The summed E-state index contributed by atoms with van der Waals surface area (Å²) in [5, 5.41) is 14.9. The van der Waals surface area contributed by atoms with Gasteiger partial charge < -0.3 is 15.0 Å². The number of benzene rings is 3. The summed E-state index contributed by atoms with van der Waals surface area (Å²) in [6.45, 7) is 5.73. The van der Waals surface area contributed by atoms with Crippen molar-refractivity contribution in [3.05, 3.63) is 83.9 Å². The van der Waals surface area contributed by atoms with Crippen LogP contribution in [0.3, 0.4) is 0 Å². The van der Waals surface area contributed by atoms with Crippen molar-refractivity contribution in [1.29, 1.82) is 0 Å². The Morgan fingerprint density at radius 2 is 1.53 bits per heavy atom. The SMILES string of the molecule is Cc1cc(C)c2c(c1)c(-c1ccccc1)c(-c1ccccc1)n2C[C@@H](O)C[NH2+]C1CCCCC1. The normalized spacial score (nSPS) is 15.6. The summed E-state index contributed by atoms with van der Waals surface area (Å²) < 4.78 is 2.39. The van der Waals surface area contributed by atoms with Gasteiger partial charge in [-0.05, 0) is 62.3 Å². The molecular formula is C31H37N2O+. The first-order chi connectivity index (χ1) is 16.6. The molecule has 0 unspecified atom stereocenters. The van der Waals surface area contributed by atoms with Crippen LogP contribution in [-0.4, -0.2) is 28.4 Å². The van der Waals surface area contributed by atoms with Gasteiger partial charge in [-0.3, -0.25) is 0 Å². The molecule has 4 aromatic rings. The summed E-state index contributed by atoms with van der Waals surface area (Å²) in [4.78, 5) is 0. The number of aryl methyl sites for hydroxylation is 2. The molecule has 1 saturated carbocycles. The van der Waals surface area contributed by atoms with E-state index < -0.39 is 6.10 Å². The highest BCUT2D eigenvalue weighted by atomic mass is 16.3. The fourth-order valence-electron chi connectivity index (χ4n) is 5.86. The van der Waals surface area contributed by atoms with Crippen LogP contribution in [0.5, 0.6) is 0 Å². The minimum Gasteiger partial charge on any atom is -0.385 e. The van der Waals surface area contributed by atoms with Gasteiger partial charge in [-0.2, -0.15) is 0 Å². The molecule has 0 bridgehead atoms. The molecule has 34 heavy (non-hydrogen) atoms. The van der Waals surface area contributed by atoms with Gasteiger partial charge in [0, 0.05) is 10.9 Å². The molecule has 1 aliphatic carbocycles. The fourth-order valence-corrected chi connectivity index (χ4v) is 5.86. The molecule has 1 heterocycles. The maximum absolute atomic E-state index is 11.2. The number of rotatable bonds is 7. The lowest BCUT2D eigenvalue weighted by Crippen LogP contribution is -2.92. The zero-order valence-electron chi connectivity index (χ0n) is 20.5. The third-order valence-electron chi connectivity index (χ3n) is 7.39. The molecule has 0 amide bonds. The van der Waals surface area contributed by atoms with E-state index in [0.717, 1.165) is 6.54 Å². The molecule has 0 saturated heterocycles. The summed E-state index contributed by atoms with van der Waals surface area (Å²) in [6, 6.07) is 26.6. The van der Waals surface area contributed by atoms with Crippen molar-refractivity contribution in [1.82, 2.24) is 4.57 Å². The van der Waals surface area contributed by atoms with Gasteiger partial charge in [0.05, 0.1) is 23.8 Å². The van der Waals surface area contributed by atoms with E-state index in [-0.39, 0.29) is 0 Å². The molecule has 0 spiro atoms. The predicted molar refractivity (Wildman–Crippen MR) is 142 cm³/mol. The summed E-state index contributed by atoms with van der Waals surface area (Å²) in [5.41, 5.74) is 8.64. The first kappa shape index (κ1) is 22.9. The van der Waals surface area contributed by atoms with Crippen molar-refractivity contribution in [3.63, 3.8) is 0 Å². The van der Waals surface area contributed by atoms with Gasteiger partial charge >= 0.3 is 0 Å². The van der Waals surface area contributed by atoms with E-state index in [1.54, 1.807) is 0 Å².